The summed E-state index contributed by atoms with van der Waals surface area (Å²) in [5.74, 6) is 0.595. The number of hydrogen-bond donors (Lipinski definition) is 0. The summed E-state index contributed by atoms with van der Waals surface area (Å²) < 4.78 is 0. The van der Waals surface area contributed by atoms with E-state index in [-0.39, 0.29) is 0 Å². The summed E-state index contributed by atoms with van der Waals surface area (Å²) in [6.45, 7) is 4.26. The van der Waals surface area contributed by atoms with E-state index in [0.29, 0.717) is 5.92 Å². The zero-order valence-corrected chi connectivity index (χ0v) is 11.5. The molecule has 1 atom stereocenters. The van der Waals surface area contributed by atoms with E-state index in [9.17, 15) is 0 Å². The molecule has 0 radical (unpaired) electrons. The molecule has 0 aromatic carbocycles. The van der Waals surface area contributed by atoms with Crippen molar-refractivity contribution in [3.63, 3.8) is 0 Å². The van der Waals surface area contributed by atoms with Gasteiger partial charge in [0.1, 0.15) is 0 Å². The average Bonchev–Trinajstić information content (AvgIpc) is 2.57. The fraction of sp³-hybridized carbons (Fsp3) is 0.375. The average molecular weight is 249 g/mol. The predicted octanol–water partition coefficient (Wildman–Crippen LogP) is 5.54. The van der Waals surface area contributed by atoms with Crippen LogP contribution in [0.4, 0.5) is 0 Å². The lowest BCUT2D eigenvalue weighted by molar-refractivity contribution is 0.632. The molecule has 0 saturated heterocycles. The summed E-state index contributed by atoms with van der Waals surface area (Å²) in [5.41, 5.74) is 1.44. The highest BCUT2D eigenvalue weighted by Gasteiger charge is 2.05. The normalized spacial score (nSPS) is 18.3. The summed E-state index contributed by atoms with van der Waals surface area (Å²) in [4.78, 5) is 0. The van der Waals surface area contributed by atoms with Crippen molar-refractivity contribution in [1.29, 1.82) is 0 Å². The quantitative estimate of drug-likeness (QED) is 0.560. The molecule has 1 aliphatic carbocycles. The van der Waals surface area contributed by atoms with Crippen LogP contribution < -0.4 is 0 Å². The van der Waals surface area contributed by atoms with Gasteiger partial charge in [0.05, 0.1) is 0 Å². The van der Waals surface area contributed by atoms with Gasteiger partial charge in [-0.25, -0.2) is 0 Å². The van der Waals surface area contributed by atoms with E-state index < -0.39 is 0 Å². The Balaban J connectivity index is 2.42. The molecule has 0 N–H and O–H groups in total. The van der Waals surface area contributed by atoms with Crippen LogP contribution >= 0.6 is 11.6 Å². The lowest BCUT2D eigenvalue weighted by Gasteiger charge is -2.11. The molecule has 1 aliphatic rings. The van der Waals surface area contributed by atoms with E-state index >= 15 is 0 Å². The minimum Gasteiger partial charge on any atom is -0.0862 e. The van der Waals surface area contributed by atoms with Gasteiger partial charge in [-0.3, -0.25) is 0 Å². The van der Waals surface area contributed by atoms with Crippen molar-refractivity contribution in [2.45, 2.75) is 33.1 Å². The molecule has 0 aliphatic heterocycles. The standard InChI is InChI=1S/C16H21Cl/c1-3-9-16(17)13-8-10-14(2)15-11-6-4-5-7-12-15/h3-6,9,11-14H,7-8,10H2,1-2H3/b9-3-,16-13+. The molecule has 17 heavy (non-hydrogen) atoms. The van der Waals surface area contributed by atoms with Crippen molar-refractivity contribution in [3.05, 3.63) is 59.2 Å². The van der Waals surface area contributed by atoms with Crippen LogP contribution in [0.25, 0.3) is 0 Å². The van der Waals surface area contributed by atoms with E-state index in [1.165, 1.54) is 5.57 Å². The van der Waals surface area contributed by atoms with E-state index in [4.69, 9.17) is 11.6 Å². The van der Waals surface area contributed by atoms with Gasteiger partial charge < -0.3 is 0 Å². The number of allylic oxidation sites excluding steroid dienone is 10. The van der Waals surface area contributed by atoms with Gasteiger partial charge in [-0.05, 0) is 43.8 Å². The Kier molecular flexibility index (Phi) is 6.73. The Morgan fingerprint density at radius 3 is 3.06 bits per heavy atom. The van der Waals surface area contributed by atoms with Crippen LogP contribution in [0.2, 0.25) is 0 Å². The van der Waals surface area contributed by atoms with Crippen LogP contribution in [-0.4, -0.2) is 0 Å². The monoisotopic (exact) mass is 248 g/mol. The molecule has 0 amide bonds. The summed E-state index contributed by atoms with van der Waals surface area (Å²) in [5, 5.41) is 0.840. The number of halogens is 1. The minimum absolute atomic E-state index is 0.595. The fourth-order valence-electron chi connectivity index (χ4n) is 1.83. The molecular formula is C16H21Cl. The van der Waals surface area contributed by atoms with Crippen LogP contribution in [0.3, 0.4) is 0 Å². The minimum atomic E-state index is 0.595. The molecule has 0 saturated carbocycles. The summed E-state index contributed by atoms with van der Waals surface area (Å²) in [6.07, 6.45) is 20.1. The lowest BCUT2D eigenvalue weighted by Crippen LogP contribution is -1.96. The second kappa shape index (κ2) is 8.14. The zero-order chi connectivity index (χ0) is 12.5. The van der Waals surface area contributed by atoms with Gasteiger partial charge in [-0.15, -0.1) is 0 Å². The van der Waals surface area contributed by atoms with Crippen molar-refractivity contribution < 1.29 is 0 Å². The second-order valence-corrected chi connectivity index (χ2v) is 4.73. The molecule has 1 unspecified atom stereocenters. The molecule has 0 aromatic heterocycles. The Morgan fingerprint density at radius 1 is 1.47 bits per heavy atom. The lowest BCUT2D eigenvalue weighted by atomic mass is 9.95. The third-order valence-electron chi connectivity index (χ3n) is 2.86. The van der Waals surface area contributed by atoms with Gasteiger partial charge in [0.25, 0.3) is 0 Å². The maximum absolute atomic E-state index is 6.01. The van der Waals surface area contributed by atoms with Gasteiger partial charge in [-0.2, -0.15) is 0 Å². The molecular weight excluding hydrogens is 228 g/mol. The highest BCUT2D eigenvalue weighted by molar-refractivity contribution is 6.31. The van der Waals surface area contributed by atoms with E-state index in [2.05, 4.69) is 43.4 Å². The summed E-state index contributed by atoms with van der Waals surface area (Å²) in [6, 6.07) is 0. The third kappa shape index (κ3) is 5.74. The largest absolute Gasteiger partial charge is 0.0862 e. The van der Waals surface area contributed by atoms with E-state index in [1.54, 1.807) is 0 Å². The Bertz CT molecular complexity index is 367. The van der Waals surface area contributed by atoms with Gasteiger partial charge in [0.15, 0.2) is 0 Å². The molecule has 1 rings (SSSR count). The van der Waals surface area contributed by atoms with Crippen molar-refractivity contribution in [2.75, 3.05) is 0 Å². The predicted molar refractivity (Wildman–Crippen MR) is 78.1 cm³/mol. The van der Waals surface area contributed by atoms with Crippen molar-refractivity contribution in [3.8, 4) is 0 Å². The van der Waals surface area contributed by atoms with Crippen LogP contribution in [0.5, 0.6) is 0 Å². The first-order chi connectivity index (χ1) is 8.24. The Labute approximate surface area is 110 Å². The smallest absolute Gasteiger partial charge is 0.0362 e. The SMILES string of the molecule is C/C=C\C(Cl)=C/CCC(C)C1=CCC=CC=C1. The third-order valence-corrected chi connectivity index (χ3v) is 3.14. The molecule has 92 valence electrons. The van der Waals surface area contributed by atoms with Crippen LogP contribution in [0.1, 0.15) is 33.1 Å². The van der Waals surface area contributed by atoms with Crippen LogP contribution in [0.15, 0.2) is 59.2 Å². The first-order valence-electron chi connectivity index (χ1n) is 6.25. The van der Waals surface area contributed by atoms with Crippen molar-refractivity contribution >= 4 is 11.6 Å². The van der Waals surface area contributed by atoms with E-state index in [0.717, 1.165) is 24.3 Å². The van der Waals surface area contributed by atoms with Crippen LogP contribution in [0, 0.1) is 5.92 Å². The first kappa shape index (κ1) is 14.1. The molecule has 0 bridgehead atoms. The molecule has 1 heteroatoms. The second-order valence-electron chi connectivity index (χ2n) is 4.29. The van der Waals surface area contributed by atoms with Gasteiger partial charge in [0.2, 0.25) is 0 Å². The summed E-state index contributed by atoms with van der Waals surface area (Å²) in [7, 11) is 0. The molecule has 0 spiro atoms. The maximum atomic E-state index is 6.01. The van der Waals surface area contributed by atoms with Gasteiger partial charge >= 0.3 is 0 Å². The summed E-state index contributed by atoms with van der Waals surface area (Å²) >= 11 is 6.01. The Hall–Kier alpha value is -1.01. The van der Waals surface area contributed by atoms with Crippen LogP contribution in [-0.2, 0) is 0 Å². The van der Waals surface area contributed by atoms with E-state index in [1.807, 2.05) is 19.1 Å². The number of hydrogen-bond acceptors (Lipinski definition) is 0. The van der Waals surface area contributed by atoms with Gasteiger partial charge in [0, 0.05) is 5.03 Å². The van der Waals surface area contributed by atoms with Gasteiger partial charge in [-0.1, -0.05) is 61.1 Å². The topological polar surface area (TPSA) is 0 Å². The number of rotatable bonds is 5. The molecule has 0 heterocycles. The first-order valence-corrected chi connectivity index (χ1v) is 6.63. The zero-order valence-electron chi connectivity index (χ0n) is 10.7. The highest BCUT2D eigenvalue weighted by Crippen LogP contribution is 2.21. The highest BCUT2D eigenvalue weighted by atomic mass is 35.5. The molecule has 0 nitrogen and oxygen atoms in total. The van der Waals surface area contributed by atoms with Crippen molar-refractivity contribution in [2.24, 2.45) is 5.92 Å². The Morgan fingerprint density at radius 2 is 2.29 bits per heavy atom. The van der Waals surface area contributed by atoms with Crippen molar-refractivity contribution in [1.82, 2.24) is 0 Å². The molecule has 0 aromatic rings. The fourth-order valence-corrected chi connectivity index (χ4v) is 2.06. The molecule has 0 fully saturated rings. The maximum Gasteiger partial charge on any atom is 0.0362 e.